The third-order valence-electron chi connectivity index (χ3n) is 7.92. The molecule has 1 N–H and O–H groups in total. The van der Waals surface area contributed by atoms with E-state index >= 15 is 0 Å². The van der Waals surface area contributed by atoms with Gasteiger partial charge in [-0.05, 0) is 83.9 Å². The van der Waals surface area contributed by atoms with E-state index in [0.717, 1.165) is 6.07 Å². The summed E-state index contributed by atoms with van der Waals surface area (Å²) in [5.41, 5.74) is -1.84. The highest BCUT2D eigenvalue weighted by molar-refractivity contribution is 5.90. The lowest BCUT2D eigenvalue weighted by Gasteiger charge is -2.32. The number of carbonyl (C=O) groups excluding carboxylic acids is 1. The number of ketones is 1. The number of aliphatic hydroxyl groups is 1. The zero-order valence-corrected chi connectivity index (χ0v) is 25.9. The van der Waals surface area contributed by atoms with E-state index in [0.29, 0.717) is 35.3 Å². The molecule has 4 aromatic rings. The van der Waals surface area contributed by atoms with Crippen LogP contribution >= 0.6 is 0 Å². The summed E-state index contributed by atoms with van der Waals surface area (Å²) in [5, 5.41) is 28.3. The van der Waals surface area contributed by atoms with Crippen LogP contribution in [-0.2, 0) is 17.1 Å². The fourth-order valence-electron chi connectivity index (χ4n) is 6.14. The molecule has 240 valence electrons. The average Bonchev–Trinajstić information content (AvgIpc) is 3.42. The molecule has 2 heterocycles. The van der Waals surface area contributed by atoms with E-state index in [1.165, 1.54) is 37.3 Å². The van der Waals surface area contributed by atoms with Crippen LogP contribution in [0.3, 0.4) is 0 Å². The summed E-state index contributed by atoms with van der Waals surface area (Å²) in [6, 6.07) is 10.5. The van der Waals surface area contributed by atoms with Crippen molar-refractivity contribution in [3.8, 4) is 12.1 Å². The molecular formula is C33H34F6N4O2. The van der Waals surface area contributed by atoms with Crippen molar-refractivity contribution in [3.05, 3.63) is 70.0 Å². The second kappa shape index (κ2) is 12.6. The molecule has 4 rings (SSSR count). The van der Waals surface area contributed by atoms with Crippen molar-refractivity contribution in [1.29, 1.82) is 10.5 Å². The van der Waals surface area contributed by atoms with Crippen LogP contribution in [0.2, 0.25) is 0 Å². The summed E-state index contributed by atoms with van der Waals surface area (Å²) >= 11 is 0. The Balaban J connectivity index is 0.000000246. The van der Waals surface area contributed by atoms with Crippen molar-refractivity contribution >= 4 is 27.6 Å². The van der Waals surface area contributed by atoms with Gasteiger partial charge in [0.15, 0.2) is 5.78 Å². The maximum atomic E-state index is 13.4. The first kappa shape index (κ1) is 35.2. The molecule has 0 amide bonds. The first-order valence-electron chi connectivity index (χ1n) is 14.2. The second-order valence-corrected chi connectivity index (χ2v) is 11.5. The molecule has 0 aliphatic carbocycles. The molecule has 0 saturated carbocycles. The monoisotopic (exact) mass is 632 g/mol. The van der Waals surface area contributed by atoms with Crippen LogP contribution in [0, 0.1) is 36.5 Å². The Labute approximate surface area is 257 Å². The van der Waals surface area contributed by atoms with E-state index in [1.807, 2.05) is 13.8 Å². The SMILES string of the molecule is CCC(C(C)=O)n1c(C)cc2c(C(F)(F)F)c(C#N)ccc21.CCC(n1c(C)cc2c(C(F)(F)F)c(C#N)ccc21)C(C)(C)O. The Morgan fingerprint density at radius 3 is 1.51 bits per heavy atom. The van der Waals surface area contributed by atoms with Gasteiger partial charge in [0.2, 0.25) is 0 Å². The van der Waals surface area contributed by atoms with Crippen molar-refractivity contribution in [2.45, 2.75) is 91.3 Å². The third-order valence-corrected chi connectivity index (χ3v) is 7.92. The van der Waals surface area contributed by atoms with Gasteiger partial charge >= 0.3 is 12.4 Å². The fourth-order valence-corrected chi connectivity index (χ4v) is 6.14. The molecule has 2 unspecified atom stereocenters. The quantitative estimate of drug-likeness (QED) is 0.215. The number of rotatable bonds is 6. The number of nitriles is 2. The summed E-state index contributed by atoms with van der Waals surface area (Å²) < 4.78 is 83.5. The molecule has 0 spiro atoms. The third kappa shape index (κ3) is 6.71. The number of fused-ring (bicyclic) bond motifs is 2. The van der Waals surface area contributed by atoms with E-state index < -0.39 is 46.2 Å². The lowest BCUT2D eigenvalue weighted by Crippen LogP contribution is -2.33. The Hall–Kier alpha value is -4.29. The van der Waals surface area contributed by atoms with E-state index in [-0.39, 0.29) is 22.6 Å². The number of halogens is 6. The second-order valence-electron chi connectivity index (χ2n) is 11.5. The zero-order chi connectivity index (χ0) is 34.2. The fraction of sp³-hybridized carbons (Fsp3) is 0.424. The van der Waals surface area contributed by atoms with Crippen molar-refractivity contribution in [2.24, 2.45) is 0 Å². The van der Waals surface area contributed by atoms with Crippen LogP contribution in [0.1, 0.15) is 93.2 Å². The summed E-state index contributed by atoms with van der Waals surface area (Å²) in [6.07, 6.45) is -8.18. The minimum absolute atomic E-state index is 0.00301. The van der Waals surface area contributed by atoms with Crippen molar-refractivity contribution in [1.82, 2.24) is 9.13 Å². The number of Topliss-reactive ketones (excluding diaryl/α,β-unsaturated/α-hetero) is 1. The normalized spacial score (nSPS) is 13.6. The molecule has 0 bridgehead atoms. The van der Waals surface area contributed by atoms with Crippen molar-refractivity contribution in [3.63, 3.8) is 0 Å². The highest BCUT2D eigenvalue weighted by atomic mass is 19.4. The maximum Gasteiger partial charge on any atom is 0.418 e. The molecule has 0 saturated heterocycles. The van der Waals surface area contributed by atoms with Crippen LogP contribution in [0.5, 0.6) is 0 Å². The molecule has 0 aliphatic rings. The smallest absolute Gasteiger partial charge is 0.388 e. The summed E-state index contributed by atoms with van der Waals surface area (Å²) in [6.45, 7) is 11.8. The van der Waals surface area contributed by atoms with Gasteiger partial charge < -0.3 is 14.2 Å². The minimum Gasteiger partial charge on any atom is -0.388 e. The van der Waals surface area contributed by atoms with Gasteiger partial charge in [0.1, 0.15) is 0 Å². The van der Waals surface area contributed by atoms with Crippen LogP contribution in [-0.4, -0.2) is 25.6 Å². The molecule has 0 aliphatic heterocycles. The van der Waals surface area contributed by atoms with E-state index in [2.05, 4.69) is 0 Å². The predicted octanol–water partition coefficient (Wildman–Crippen LogP) is 8.94. The van der Waals surface area contributed by atoms with Crippen LogP contribution in [0.4, 0.5) is 26.3 Å². The van der Waals surface area contributed by atoms with Crippen LogP contribution < -0.4 is 0 Å². The Morgan fingerprint density at radius 1 is 0.800 bits per heavy atom. The van der Waals surface area contributed by atoms with Crippen molar-refractivity contribution in [2.75, 3.05) is 0 Å². The molecule has 0 fully saturated rings. The Bertz CT molecular complexity index is 1830. The molecule has 2 atom stereocenters. The molecule has 2 aromatic carbocycles. The number of hydrogen-bond acceptors (Lipinski definition) is 4. The number of aryl methyl sites for hydroxylation is 2. The summed E-state index contributed by atoms with van der Waals surface area (Å²) in [5.74, 6) is -0.110. The molecule has 0 radical (unpaired) electrons. The van der Waals surface area contributed by atoms with Gasteiger partial charge in [-0.3, -0.25) is 4.79 Å². The van der Waals surface area contributed by atoms with Gasteiger partial charge in [0, 0.05) is 33.2 Å². The summed E-state index contributed by atoms with van der Waals surface area (Å²) in [7, 11) is 0. The number of carbonyl (C=O) groups is 1. The van der Waals surface area contributed by atoms with Gasteiger partial charge in [-0.15, -0.1) is 0 Å². The highest BCUT2D eigenvalue weighted by Gasteiger charge is 2.38. The van der Waals surface area contributed by atoms with Gasteiger partial charge in [0.05, 0.1) is 52.1 Å². The average molecular weight is 633 g/mol. The van der Waals surface area contributed by atoms with Gasteiger partial charge in [0.25, 0.3) is 0 Å². The van der Waals surface area contributed by atoms with E-state index in [9.17, 15) is 36.2 Å². The molecule has 6 nitrogen and oxygen atoms in total. The minimum atomic E-state index is -4.62. The summed E-state index contributed by atoms with van der Waals surface area (Å²) in [4.78, 5) is 11.8. The lowest BCUT2D eigenvalue weighted by molar-refractivity contribution is -0.137. The standard InChI is InChI=1S/C17H19F3N2O.C16H15F3N2O/c1-5-14(16(3,4)23)22-10(2)8-12-13(22)7-6-11(9-21)15(12)17(18,19)20;1-4-13(10(3)22)21-9(2)7-12-14(21)6-5-11(8-20)15(12)16(17,18)19/h6-8,14,23H,5H2,1-4H3;5-7,13H,4H2,1-3H3. The number of aromatic nitrogens is 2. The topological polar surface area (TPSA) is 94.7 Å². The van der Waals surface area contributed by atoms with Crippen molar-refractivity contribution < 1.29 is 36.2 Å². The predicted molar refractivity (Wildman–Crippen MR) is 158 cm³/mol. The van der Waals surface area contributed by atoms with Crippen LogP contribution in [0.15, 0.2) is 36.4 Å². The molecule has 12 heteroatoms. The molecule has 2 aromatic heterocycles. The van der Waals surface area contributed by atoms with E-state index in [4.69, 9.17) is 10.5 Å². The largest absolute Gasteiger partial charge is 0.418 e. The Morgan fingerprint density at radius 2 is 1.20 bits per heavy atom. The molecular weight excluding hydrogens is 598 g/mol. The number of nitrogens with zero attached hydrogens (tertiary/aromatic N) is 4. The number of benzene rings is 2. The maximum absolute atomic E-state index is 13.4. The number of hydrogen-bond donors (Lipinski definition) is 1. The Kier molecular flexibility index (Phi) is 9.86. The number of alkyl halides is 6. The van der Waals surface area contributed by atoms with Gasteiger partial charge in [-0.1, -0.05) is 13.8 Å². The highest BCUT2D eigenvalue weighted by Crippen LogP contribution is 2.42. The zero-order valence-electron chi connectivity index (χ0n) is 25.9. The first-order chi connectivity index (χ1) is 20.7. The lowest BCUT2D eigenvalue weighted by atomic mass is 9.95. The first-order valence-corrected chi connectivity index (χ1v) is 14.2. The van der Waals surface area contributed by atoms with Gasteiger partial charge in [-0.25, -0.2) is 0 Å². The molecule has 45 heavy (non-hydrogen) atoms. The van der Waals surface area contributed by atoms with E-state index in [1.54, 1.807) is 49.0 Å². The van der Waals surface area contributed by atoms with Crippen LogP contribution in [0.25, 0.3) is 21.8 Å². The van der Waals surface area contributed by atoms with Gasteiger partial charge in [-0.2, -0.15) is 36.9 Å².